The predicted octanol–water partition coefficient (Wildman–Crippen LogP) is 4.45. The summed E-state index contributed by atoms with van der Waals surface area (Å²) in [6.07, 6.45) is 3.18. The Morgan fingerprint density at radius 2 is 1.69 bits per heavy atom. The fourth-order valence-corrected chi connectivity index (χ4v) is 1.54. The van der Waals surface area contributed by atoms with Crippen LogP contribution in [0, 0.1) is 0 Å². The molecule has 0 saturated heterocycles. The third-order valence-corrected chi connectivity index (χ3v) is 4.27. The standard InChI is InChI=1S/C14H26OS/c1-11(2)12(3)14(6,7)15-10-9-13(4,5)16-8/h1,3,9-10H2,2,4-8H3. The molecule has 0 unspecified atom stereocenters. The van der Waals surface area contributed by atoms with Crippen molar-refractivity contribution in [3.8, 4) is 0 Å². The number of thioether (sulfide) groups is 1. The van der Waals surface area contributed by atoms with Crippen molar-refractivity contribution in [2.24, 2.45) is 0 Å². The third kappa shape index (κ3) is 5.22. The van der Waals surface area contributed by atoms with E-state index in [0.29, 0.717) is 0 Å². The largest absolute Gasteiger partial charge is 0.371 e. The van der Waals surface area contributed by atoms with Crippen LogP contribution in [0.1, 0.15) is 41.0 Å². The van der Waals surface area contributed by atoms with Gasteiger partial charge in [0.05, 0.1) is 5.60 Å². The van der Waals surface area contributed by atoms with Crippen molar-refractivity contribution >= 4 is 11.8 Å². The summed E-state index contributed by atoms with van der Waals surface area (Å²) in [6.45, 7) is 19.2. The Balaban J connectivity index is 4.20. The van der Waals surface area contributed by atoms with Crippen LogP contribution in [0.2, 0.25) is 0 Å². The summed E-state index contributed by atoms with van der Waals surface area (Å²) in [5.74, 6) is 0. The van der Waals surface area contributed by atoms with Gasteiger partial charge in [0, 0.05) is 11.4 Å². The number of rotatable bonds is 7. The topological polar surface area (TPSA) is 9.23 Å². The van der Waals surface area contributed by atoms with Gasteiger partial charge in [-0.25, -0.2) is 0 Å². The number of hydrogen-bond donors (Lipinski definition) is 0. The van der Waals surface area contributed by atoms with E-state index in [4.69, 9.17) is 4.74 Å². The van der Waals surface area contributed by atoms with E-state index in [1.54, 1.807) is 0 Å². The van der Waals surface area contributed by atoms with Crippen LogP contribution in [-0.2, 0) is 4.74 Å². The van der Waals surface area contributed by atoms with Crippen LogP contribution in [0.15, 0.2) is 24.3 Å². The molecule has 0 bridgehead atoms. The summed E-state index contributed by atoms with van der Waals surface area (Å²) in [4.78, 5) is 0. The van der Waals surface area contributed by atoms with Crippen molar-refractivity contribution in [2.75, 3.05) is 12.9 Å². The first-order valence-corrected chi connectivity index (χ1v) is 6.89. The third-order valence-electron chi connectivity index (χ3n) is 2.96. The molecule has 0 aliphatic heterocycles. The summed E-state index contributed by atoms with van der Waals surface area (Å²) in [5.41, 5.74) is 1.67. The first-order chi connectivity index (χ1) is 7.12. The average molecular weight is 242 g/mol. The second kappa shape index (κ2) is 5.92. The lowest BCUT2D eigenvalue weighted by Gasteiger charge is -2.30. The maximum Gasteiger partial charge on any atom is 0.0871 e. The Kier molecular flexibility index (Phi) is 5.85. The molecule has 0 atom stereocenters. The summed E-state index contributed by atoms with van der Waals surface area (Å²) in [6, 6.07) is 0. The number of ether oxygens (including phenoxy) is 1. The van der Waals surface area contributed by atoms with Crippen molar-refractivity contribution < 1.29 is 4.74 Å². The van der Waals surface area contributed by atoms with Crippen LogP contribution in [0.25, 0.3) is 0 Å². The van der Waals surface area contributed by atoms with Crippen LogP contribution < -0.4 is 0 Å². The van der Waals surface area contributed by atoms with Gasteiger partial charge in [0.2, 0.25) is 0 Å². The number of hydrogen-bond acceptors (Lipinski definition) is 2. The SMILES string of the molecule is C=C(C)C(=C)C(C)(C)OCCC(C)(C)SC. The van der Waals surface area contributed by atoms with E-state index < -0.39 is 0 Å². The van der Waals surface area contributed by atoms with Crippen LogP contribution in [-0.4, -0.2) is 23.2 Å². The molecule has 0 aromatic rings. The molecule has 1 nitrogen and oxygen atoms in total. The van der Waals surface area contributed by atoms with E-state index in [1.165, 1.54) is 0 Å². The molecule has 0 aromatic carbocycles. The zero-order chi connectivity index (χ0) is 13.0. The Bertz CT molecular complexity index is 264. The Hall–Kier alpha value is -0.210. The second-order valence-electron chi connectivity index (χ2n) is 5.33. The van der Waals surface area contributed by atoms with E-state index in [9.17, 15) is 0 Å². The van der Waals surface area contributed by atoms with Crippen molar-refractivity contribution in [1.29, 1.82) is 0 Å². The molecule has 94 valence electrons. The smallest absolute Gasteiger partial charge is 0.0871 e. The summed E-state index contributed by atoms with van der Waals surface area (Å²) < 4.78 is 6.19. The normalized spacial score (nSPS) is 12.6. The fraction of sp³-hybridized carbons (Fsp3) is 0.714. The van der Waals surface area contributed by atoms with Gasteiger partial charge in [-0.15, -0.1) is 0 Å². The molecule has 0 aromatic heterocycles. The molecule has 0 amide bonds. The average Bonchev–Trinajstić information content (AvgIpc) is 2.15. The summed E-state index contributed by atoms with van der Waals surface area (Å²) >= 11 is 1.87. The molecule has 2 heteroatoms. The van der Waals surface area contributed by atoms with E-state index in [1.807, 2.05) is 18.7 Å². The predicted molar refractivity (Wildman–Crippen MR) is 76.2 cm³/mol. The molecule has 0 aliphatic rings. The van der Waals surface area contributed by atoms with Gasteiger partial charge in [-0.2, -0.15) is 11.8 Å². The molecule has 0 heterocycles. The highest BCUT2D eigenvalue weighted by Crippen LogP contribution is 2.28. The maximum atomic E-state index is 5.92. The van der Waals surface area contributed by atoms with Gasteiger partial charge in [0.25, 0.3) is 0 Å². The van der Waals surface area contributed by atoms with Crippen LogP contribution in [0.4, 0.5) is 0 Å². The summed E-state index contributed by atoms with van der Waals surface area (Å²) in [7, 11) is 0. The molecule has 0 saturated carbocycles. The highest BCUT2D eigenvalue weighted by Gasteiger charge is 2.24. The lowest BCUT2D eigenvalue weighted by atomic mass is 9.94. The van der Waals surface area contributed by atoms with Gasteiger partial charge >= 0.3 is 0 Å². The Labute approximate surface area is 105 Å². The molecular formula is C14H26OS. The molecule has 0 N–H and O–H groups in total. The zero-order valence-electron chi connectivity index (χ0n) is 11.6. The van der Waals surface area contributed by atoms with Crippen LogP contribution >= 0.6 is 11.8 Å². The maximum absolute atomic E-state index is 5.92. The molecule has 0 fully saturated rings. The molecule has 0 aliphatic carbocycles. The Morgan fingerprint density at radius 3 is 2.06 bits per heavy atom. The van der Waals surface area contributed by atoms with Crippen LogP contribution in [0.5, 0.6) is 0 Å². The van der Waals surface area contributed by atoms with Gasteiger partial charge in [0.15, 0.2) is 0 Å². The fourth-order valence-electron chi connectivity index (χ4n) is 1.26. The van der Waals surface area contributed by atoms with E-state index in [2.05, 4.69) is 47.1 Å². The second-order valence-corrected chi connectivity index (χ2v) is 6.84. The van der Waals surface area contributed by atoms with Gasteiger partial charge < -0.3 is 4.74 Å². The molecular weight excluding hydrogens is 216 g/mol. The lowest BCUT2D eigenvalue weighted by Crippen LogP contribution is -2.29. The molecule has 0 radical (unpaired) electrons. The minimum Gasteiger partial charge on any atom is -0.371 e. The summed E-state index contributed by atoms with van der Waals surface area (Å²) in [5, 5.41) is 0. The van der Waals surface area contributed by atoms with Crippen LogP contribution in [0.3, 0.4) is 0 Å². The quantitative estimate of drug-likeness (QED) is 0.610. The van der Waals surface area contributed by atoms with Gasteiger partial charge in [-0.05, 0) is 39.0 Å². The lowest BCUT2D eigenvalue weighted by molar-refractivity contribution is 0.00892. The van der Waals surface area contributed by atoms with E-state index >= 15 is 0 Å². The van der Waals surface area contributed by atoms with E-state index in [0.717, 1.165) is 24.2 Å². The molecule has 0 spiro atoms. The molecule has 16 heavy (non-hydrogen) atoms. The van der Waals surface area contributed by atoms with Gasteiger partial charge in [-0.1, -0.05) is 32.6 Å². The van der Waals surface area contributed by atoms with Crippen molar-refractivity contribution in [1.82, 2.24) is 0 Å². The van der Waals surface area contributed by atoms with E-state index in [-0.39, 0.29) is 10.3 Å². The Morgan fingerprint density at radius 1 is 1.19 bits per heavy atom. The van der Waals surface area contributed by atoms with Gasteiger partial charge in [-0.3, -0.25) is 0 Å². The van der Waals surface area contributed by atoms with Crippen molar-refractivity contribution in [3.63, 3.8) is 0 Å². The monoisotopic (exact) mass is 242 g/mol. The molecule has 0 rings (SSSR count). The first-order valence-electron chi connectivity index (χ1n) is 5.67. The first kappa shape index (κ1) is 15.8. The highest BCUT2D eigenvalue weighted by molar-refractivity contribution is 7.99. The highest BCUT2D eigenvalue weighted by atomic mass is 32.2. The van der Waals surface area contributed by atoms with Gasteiger partial charge in [0.1, 0.15) is 0 Å². The zero-order valence-corrected chi connectivity index (χ0v) is 12.5. The minimum absolute atomic E-state index is 0.278. The van der Waals surface area contributed by atoms with Crippen molar-refractivity contribution in [3.05, 3.63) is 24.3 Å². The minimum atomic E-state index is -0.305. The van der Waals surface area contributed by atoms with Crippen molar-refractivity contribution in [2.45, 2.75) is 51.4 Å².